The van der Waals surface area contributed by atoms with Gasteiger partial charge in [0.25, 0.3) is 0 Å². The number of aliphatic hydroxyl groups is 1. The molecule has 5 nitrogen and oxygen atoms in total. The Kier molecular flexibility index (Phi) is 5.33. The lowest BCUT2D eigenvalue weighted by molar-refractivity contribution is -0.128. The van der Waals surface area contributed by atoms with Gasteiger partial charge >= 0.3 is 0 Å². The van der Waals surface area contributed by atoms with Crippen LogP contribution in [0.5, 0.6) is 0 Å². The van der Waals surface area contributed by atoms with Crippen molar-refractivity contribution in [3.8, 4) is 0 Å². The van der Waals surface area contributed by atoms with Crippen molar-refractivity contribution in [1.82, 2.24) is 10.6 Å². The lowest BCUT2D eigenvalue weighted by Crippen LogP contribution is -2.52. The SMILES string of the molecule is CCNC1COCC1C(=O)NC(C)(CO)c1ccccc1. The van der Waals surface area contributed by atoms with Gasteiger partial charge in [-0.15, -0.1) is 0 Å². The van der Waals surface area contributed by atoms with E-state index < -0.39 is 5.54 Å². The number of hydrogen-bond acceptors (Lipinski definition) is 4. The Balaban J connectivity index is 2.09. The lowest BCUT2D eigenvalue weighted by Gasteiger charge is -2.31. The van der Waals surface area contributed by atoms with Crippen LogP contribution < -0.4 is 10.6 Å². The maximum absolute atomic E-state index is 12.5. The van der Waals surface area contributed by atoms with E-state index in [2.05, 4.69) is 10.6 Å². The molecular formula is C16H24N2O3. The van der Waals surface area contributed by atoms with Crippen LogP contribution in [-0.4, -0.2) is 43.4 Å². The Morgan fingerprint density at radius 3 is 2.71 bits per heavy atom. The monoisotopic (exact) mass is 292 g/mol. The van der Waals surface area contributed by atoms with E-state index in [0.717, 1.165) is 12.1 Å². The number of carbonyl (C=O) groups is 1. The van der Waals surface area contributed by atoms with E-state index >= 15 is 0 Å². The standard InChI is InChI=1S/C16H24N2O3/c1-3-17-14-10-21-9-13(14)15(20)18-16(2,11-19)12-7-5-4-6-8-12/h4-8,13-14,17,19H,3,9-11H2,1-2H3,(H,18,20). The number of rotatable bonds is 6. The molecule has 2 rings (SSSR count). The molecule has 0 aliphatic carbocycles. The fourth-order valence-electron chi connectivity index (χ4n) is 2.65. The summed E-state index contributed by atoms with van der Waals surface area (Å²) < 4.78 is 5.41. The van der Waals surface area contributed by atoms with Crippen LogP contribution in [0.15, 0.2) is 30.3 Å². The highest BCUT2D eigenvalue weighted by molar-refractivity contribution is 5.81. The van der Waals surface area contributed by atoms with Gasteiger partial charge in [-0.3, -0.25) is 4.79 Å². The van der Waals surface area contributed by atoms with Crippen LogP contribution in [0, 0.1) is 5.92 Å². The summed E-state index contributed by atoms with van der Waals surface area (Å²) in [6.45, 7) is 5.45. The molecule has 0 bridgehead atoms. The number of amides is 1. The molecule has 116 valence electrons. The molecule has 3 atom stereocenters. The normalized spacial score (nSPS) is 24.5. The first-order chi connectivity index (χ1) is 10.1. The van der Waals surface area contributed by atoms with Crippen LogP contribution in [-0.2, 0) is 15.1 Å². The first kappa shape index (κ1) is 15.9. The average Bonchev–Trinajstić information content (AvgIpc) is 2.97. The zero-order valence-corrected chi connectivity index (χ0v) is 12.6. The summed E-state index contributed by atoms with van der Waals surface area (Å²) in [5.41, 5.74) is 0.109. The van der Waals surface area contributed by atoms with E-state index in [1.54, 1.807) is 0 Å². The van der Waals surface area contributed by atoms with Crippen LogP contribution >= 0.6 is 0 Å². The number of hydrogen-bond donors (Lipinski definition) is 3. The Bertz CT molecular complexity index is 466. The third kappa shape index (κ3) is 3.61. The van der Waals surface area contributed by atoms with Crippen LogP contribution in [0.3, 0.4) is 0 Å². The number of aliphatic hydroxyl groups excluding tert-OH is 1. The summed E-state index contributed by atoms with van der Waals surface area (Å²) in [4.78, 5) is 12.5. The third-order valence-corrected chi connectivity index (χ3v) is 4.01. The van der Waals surface area contributed by atoms with Gasteiger partial charge in [-0.1, -0.05) is 37.3 Å². The topological polar surface area (TPSA) is 70.6 Å². The predicted octanol–water partition coefficient (Wildman–Crippen LogP) is 0.635. The number of carbonyl (C=O) groups excluding carboxylic acids is 1. The fourth-order valence-corrected chi connectivity index (χ4v) is 2.65. The van der Waals surface area contributed by atoms with Crippen molar-refractivity contribution in [2.45, 2.75) is 25.4 Å². The minimum absolute atomic E-state index is 0.0358. The summed E-state index contributed by atoms with van der Waals surface area (Å²) in [6, 6.07) is 9.56. The van der Waals surface area contributed by atoms with E-state index in [1.165, 1.54) is 0 Å². The molecule has 1 aliphatic heterocycles. The molecule has 0 spiro atoms. The minimum atomic E-state index is -0.780. The summed E-state index contributed by atoms with van der Waals surface area (Å²) in [6.07, 6.45) is 0. The molecule has 1 saturated heterocycles. The van der Waals surface area contributed by atoms with Crippen molar-refractivity contribution in [2.75, 3.05) is 26.4 Å². The largest absolute Gasteiger partial charge is 0.394 e. The smallest absolute Gasteiger partial charge is 0.227 e. The first-order valence-electron chi connectivity index (χ1n) is 7.40. The molecular weight excluding hydrogens is 268 g/mol. The van der Waals surface area contributed by atoms with Crippen molar-refractivity contribution in [3.63, 3.8) is 0 Å². The Morgan fingerprint density at radius 2 is 2.10 bits per heavy atom. The van der Waals surface area contributed by atoms with Gasteiger partial charge in [-0.05, 0) is 19.0 Å². The molecule has 1 aliphatic rings. The minimum Gasteiger partial charge on any atom is -0.394 e. The van der Waals surface area contributed by atoms with E-state index in [1.807, 2.05) is 44.2 Å². The van der Waals surface area contributed by atoms with Gasteiger partial charge in [0, 0.05) is 6.04 Å². The van der Waals surface area contributed by atoms with Crippen LogP contribution in [0.1, 0.15) is 19.4 Å². The van der Waals surface area contributed by atoms with Gasteiger partial charge in [0.15, 0.2) is 0 Å². The molecule has 1 amide bonds. The van der Waals surface area contributed by atoms with E-state index in [9.17, 15) is 9.90 Å². The zero-order valence-electron chi connectivity index (χ0n) is 12.6. The number of ether oxygens (including phenoxy) is 1. The average molecular weight is 292 g/mol. The maximum atomic E-state index is 12.5. The molecule has 1 aromatic carbocycles. The van der Waals surface area contributed by atoms with Gasteiger partial charge < -0.3 is 20.5 Å². The molecule has 21 heavy (non-hydrogen) atoms. The lowest BCUT2D eigenvalue weighted by atomic mass is 9.91. The molecule has 3 N–H and O–H groups in total. The predicted molar refractivity (Wildman–Crippen MR) is 80.8 cm³/mol. The van der Waals surface area contributed by atoms with E-state index in [4.69, 9.17) is 4.74 Å². The van der Waals surface area contributed by atoms with Gasteiger partial charge in [0.2, 0.25) is 5.91 Å². The highest BCUT2D eigenvalue weighted by Crippen LogP contribution is 2.22. The zero-order chi connectivity index (χ0) is 15.3. The molecule has 1 heterocycles. The Hall–Kier alpha value is -1.43. The van der Waals surface area contributed by atoms with E-state index in [-0.39, 0.29) is 24.5 Å². The van der Waals surface area contributed by atoms with Gasteiger partial charge in [-0.2, -0.15) is 0 Å². The van der Waals surface area contributed by atoms with Crippen molar-refractivity contribution in [1.29, 1.82) is 0 Å². The van der Waals surface area contributed by atoms with Crippen LogP contribution in [0.4, 0.5) is 0 Å². The highest BCUT2D eigenvalue weighted by Gasteiger charge is 2.37. The van der Waals surface area contributed by atoms with Crippen molar-refractivity contribution in [3.05, 3.63) is 35.9 Å². The maximum Gasteiger partial charge on any atom is 0.227 e. The Labute approximate surface area is 125 Å². The van der Waals surface area contributed by atoms with Crippen molar-refractivity contribution >= 4 is 5.91 Å². The molecule has 0 aromatic heterocycles. The summed E-state index contributed by atoms with van der Waals surface area (Å²) in [5.74, 6) is -0.307. The third-order valence-electron chi connectivity index (χ3n) is 4.01. The summed E-state index contributed by atoms with van der Waals surface area (Å²) >= 11 is 0. The fraction of sp³-hybridized carbons (Fsp3) is 0.562. The van der Waals surface area contributed by atoms with Gasteiger partial charge in [0.05, 0.1) is 31.3 Å². The second-order valence-corrected chi connectivity index (χ2v) is 5.65. The molecule has 0 saturated carbocycles. The summed E-state index contributed by atoms with van der Waals surface area (Å²) in [5, 5.41) is 16.0. The number of benzene rings is 1. The van der Waals surface area contributed by atoms with Crippen LogP contribution in [0.2, 0.25) is 0 Å². The number of likely N-dealkylation sites (N-methyl/N-ethyl adjacent to an activating group) is 1. The van der Waals surface area contributed by atoms with Crippen molar-refractivity contribution in [2.24, 2.45) is 5.92 Å². The molecule has 1 fully saturated rings. The van der Waals surface area contributed by atoms with E-state index in [0.29, 0.717) is 13.2 Å². The molecule has 1 aromatic rings. The second-order valence-electron chi connectivity index (χ2n) is 5.65. The number of nitrogens with one attached hydrogen (secondary N) is 2. The second kappa shape index (κ2) is 7.02. The van der Waals surface area contributed by atoms with Crippen LogP contribution in [0.25, 0.3) is 0 Å². The quantitative estimate of drug-likeness (QED) is 0.719. The van der Waals surface area contributed by atoms with Crippen molar-refractivity contribution < 1.29 is 14.6 Å². The highest BCUT2D eigenvalue weighted by atomic mass is 16.5. The van der Waals surface area contributed by atoms with Gasteiger partial charge in [0.1, 0.15) is 0 Å². The first-order valence-corrected chi connectivity index (χ1v) is 7.40. The molecule has 5 heteroatoms. The summed E-state index contributed by atoms with van der Waals surface area (Å²) in [7, 11) is 0. The Morgan fingerprint density at radius 1 is 1.38 bits per heavy atom. The molecule has 0 radical (unpaired) electrons. The van der Waals surface area contributed by atoms with Gasteiger partial charge in [-0.25, -0.2) is 0 Å². The molecule has 3 unspecified atom stereocenters.